The minimum absolute atomic E-state index is 0.155. The van der Waals surface area contributed by atoms with E-state index in [-0.39, 0.29) is 12.2 Å². The zero-order valence-corrected chi connectivity index (χ0v) is 12.5. The van der Waals surface area contributed by atoms with Gasteiger partial charge >= 0.3 is 5.69 Å². The maximum Gasteiger partial charge on any atom is 0.348 e. The lowest BCUT2D eigenvalue weighted by atomic mass is 10.1. The molecule has 1 unspecified atom stereocenters. The van der Waals surface area contributed by atoms with E-state index in [9.17, 15) is 9.90 Å². The van der Waals surface area contributed by atoms with Gasteiger partial charge in [0.15, 0.2) is 0 Å². The molecule has 1 heterocycles. The SMILES string of the molecule is CCOc1ccccc1C(O)Cn1c(C)cc(C)nc1=O. The number of aromatic nitrogens is 2. The number of rotatable bonds is 5. The molecule has 2 rings (SSSR count). The minimum atomic E-state index is -0.825. The first-order valence-electron chi connectivity index (χ1n) is 6.97. The van der Waals surface area contributed by atoms with E-state index in [1.807, 2.05) is 38.1 Å². The summed E-state index contributed by atoms with van der Waals surface area (Å²) in [5, 5.41) is 10.4. The molecule has 1 N–H and O–H groups in total. The molecule has 0 bridgehead atoms. The van der Waals surface area contributed by atoms with Crippen molar-refractivity contribution in [2.75, 3.05) is 6.61 Å². The van der Waals surface area contributed by atoms with Crippen LogP contribution >= 0.6 is 0 Å². The van der Waals surface area contributed by atoms with Crippen LogP contribution in [0.15, 0.2) is 35.1 Å². The summed E-state index contributed by atoms with van der Waals surface area (Å²) in [5.74, 6) is 0.637. The number of aryl methyl sites for hydroxylation is 2. The van der Waals surface area contributed by atoms with Gasteiger partial charge in [0, 0.05) is 17.0 Å². The third kappa shape index (κ3) is 3.49. The fourth-order valence-electron chi connectivity index (χ4n) is 2.31. The molecule has 0 spiro atoms. The van der Waals surface area contributed by atoms with Crippen LogP contribution in [0.5, 0.6) is 5.75 Å². The predicted octanol–water partition coefficient (Wildman–Crippen LogP) is 1.99. The second-order valence-electron chi connectivity index (χ2n) is 4.92. The quantitative estimate of drug-likeness (QED) is 0.914. The van der Waals surface area contributed by atoms with Crippen molar-refractivity contribution in [1.82, 2.24) is 9.55 Å². The number of aliphatic hydroxyl groups is 1. The number of hydrogen-bond donors (Lipinski definition) is 1. The highest BCUT2D eigenvalue weighted by Crippen LogP contribution is 2.26. The first-order valence-corrected chi connectivity index (χ1v) is 6.97. The van der Waals surface area contributed by atoms with Crippen molar-refractivity contribution in [2.45, 2.75) is 33.4 Å². The monoisotopic (exact) mass is 288 g/mol. The number of benzene rings is 1. The summed E-state index contributed by atoms with van der Waals surface area (Å²) >= 11 is 0. The molecule has 5 nitrogen and oxygen atoms in total. The highest BCUT2D eigenvalue weighted by atomic mass is 16.5. The normalized spacial score (nSPS) is 12.2. The molecule has 112 valence electrons. The van der Waals surface area contributed by atoms with Crippen LogP contribution in [-0.4, -0.2) is 21.3 Å². The Morgan fingerprint density at radius 2 is 2.05 bits per heavy atom. The molecule has 0 fully saturated rings. The van der Waals surface area contributed by atoms with E-state index in [1.165, 1.54) is 4.57 Å². The van der Waals surface area contributed by atoms with Crippen molar-refractivity contribution >= 4 is 0 Å². The summed E-state index contributed by atoms with van der Waals surface area (Å²) in [5.41, 5.74) is 1.78. The van der Waals surface area contributed by atoms with Crippen molar-refractivity contribution in [3.05, 3.63) is 57.8 Å². The number of nitrogens with zero attached hydrogens (tertiary/aromatic N) is 2. The summed E-state index contributed by atoms with van der Waals surface area (Å²) in [6.45, 7) is 6.18. The van der Waals surface area contributed by atoms with Crippen LogP contribution < -0.4 is 10.4 Å². The van der Waals surface area contributed by atoms with E-state index < -0.39 is 6.10 Å². The van der Waals surface area contributed by atoms with Crippen molar-refractivity contribution in [3.63, 3.8) is 0 Å². The van der Waals surface area contributed by atoms with Gasteiger partial charge in [-0.1, -0.05) is 18.2 Å². The minimum Gasteiger partial charge on any atom is -0.493 e. The maximum atomic E-state index is 11.9. The van der Waals surface area contributed by atoms with Gasteiger partial charge in [-0.05, 0) is 32.9 Å². The lowest BCUT2D eigenvalue weighted by Gasteiger charge is -2.18. The molecule has 2 aromatic rings. The smallest absolute Gasteiger partial charge is 0.348 e. The van der Waals surface area contributed by atoms with Gasteiger partial charge in [0.05, 0.1) is 13.2 Å². The van der Waals surface area contributed by atoms with Gasteiger partial charge in [0.25, 0.3) is 0 Å². The first kappa shape index (κ1) is 15.3. The Hall–Kier alpha value is -2.14. The summed E-state index contributed by atoms with van der Waals surface area (Å²) in [4.78, 5) is 15.9. The zero-order valence-electron chi connectivity index (χ0n) is 12.5. The average Bonchev–Trinajstić information content (AvgIpc) is 2.43. The van der Waals surface area contributed by atoms with Crippen molar-refractivity contribution in [2.24, 2.45) is 0 Å². The van der Waals surface area contributed by atoms with Crippen molar-refractivity contribution in [1.29, 1.82) is 0 Å². The molecule has 0 saturated heterocycles. The van der Waals surface area contributed by atoms with Gasteiger partial charge in [-0.25, -0.2) is 4.79 Å². The van der Waals surface area contributed by atoms with Crippen LogP contribution in [-0.2, 0) is 6.54 Å². The molecule has 0 amide bonds. The van der Waals surface area contributed by atoms with Crippen LogP contribution in [0.1, 0.15) is 30.0 Å². The summed E-state index contributed by atoms with van der Waals surface area (Å²) in [7, 11) is 0. The predicted molar refractivity (Wildman–Crippen MR) is 80.5 cm³/mol. The molecule has 0 saturated carbocycles. The molecule has 1 aromatic carbocycles. The molecular formula is C16H20N2O3. The number of para-hydroxylation sites is 1. The Morgan fingerprint density at radius 1 is 1.33 bits per heavy atom. The second kappa shape index (κ2) is 6.54. The Morgan fingerprint density at radius 3 is 2.71 bits per heavy atom. The fourth-order valence-corrected chi connectivity index (χ4v) is 2.31. The molecule has 0 radical (unpaired) electrons. The van der Waals surface area contributed by atoms with Gasteiger partial charge in [-0.3, -0.25) is 4.57 Å². The van der Waals surface area contributed by atoms with E-state index in [4.69, 9.17) is 4.74 Å². The molecule has 1 aromatic heterocycles. The van der Waals surface area contributed by atoms with Gasteiger partial charge in [0.2, 0.25) is 0 Å². The topological polar surface area (TPSA) is 64.3 Å². The largest absolute Gasteiger partial charge is 0.493 e. The van der Waals surface area contributed by atoms with Gasteiger partial charge in [-0.2, -0.15) is 4.98 Å². The van der Waals surface area contributed by atoms with Gasteiger partial charge in [-0.15, -0.1) is 0 Å². The number of ether oxygens (including phenoxy) is 1. The van der Waals surface area contributed by atoms with Gasteiger partial charge in [0.1, 0.15) is 11.9 Å². The molecule has 5 heteroatoms. The van der Waals surface area contributed by atoms with Crippen molar-refractivity contribution in [3.8, 4) is 5.75 Å². The highest BCUT2D eigenvalue weighted by molar-refractivity contribution is 5.35. The highest BCUT2D eigenvalue weighted by Gasteiger charge is 2.15. The van der Waals surface area contributed by atoms with E-state index >= 15 is 0 Å². The molecular weight excluding hydrogens is 268 g/mol. The second-order valence-corrected chi connectivity index (χ2v) is 4.92. The molecule has 0 aliphatic carbocycles. The summed E-state index contributed by atoms with van der Waals surface area (Å²) in [6.07, 6.45) is -0.825. The summed E-state index contributed by atoms with van der Waals surface area (Å²) < 4.78 is 6.99. The van der Waals surface area contributed by atoms with E-state index in [0.717, 1.165) is 5.69 Å². The Balaban J connectivity index is 2.31. The lowest BCUT2D eigenvalue weighted by Crippen LogP contribution is -2.28. The Bertz CT molecular complexity index is 679. The van der Waals surface area contributed by atoms with E-state index in [1.54, 1.807) is 13.0 Å². The third-order valence-electron chi connectivity index (χ3n) is 3.28. The van der Waals surface area contributed by atoms with Crippen LogP contribution in [0.3, 0.4) is 0 Å². The Labute approximate surface area is 123 Å². The van der Waals surface area contributed by atoms with Crippen LogP contribution in [0.2, 0.25) is 0 Å². The maximum absolute atomic E-state index is 11.9. The molecule has 1 atom stereocenters. The lowest BCUT2D eigenvalue weighted by molar-refractivity contribution is 0.148. The fraction of sp³-hybridized carbons (Fsp3) is 0.375. The molecule has 0 aliphatic rings. The standard InChI is InChI=1S/C16H20N2O3/c1-4-21-15-8-6-5-7-13(15)14(19)10-18-12(3)9-11(2)17-16(18)20/h5-9,14,19H,4,10H2,1-3H3. The van der Waals surface area contributed by atoms with Crippen LogP contribution in [0.4, 0.5) is 0 Å². The first-order chi connectivity index (χ1) is 10.0. The van der Waals surface area contributed by atoms with Gasteiger partial charge < -0.3 is 9.84 Å². The van der Waals surface area contributed by atoms with Crippen LogP contribution in [0, 0.1) is 13.8 Å². The zero-order chi connectivity index (χ0) is 15.4. The number of aliphatic hydroxyl groups excluding tert-OH is 1. The average molecular weight is 288 g/mol. The summed E-state index contributed by atoms with van der Waals surface area (Å²) in [6, 6.07) is 9.13. The van der Waals surface area contributed by atoms with Crippen molar-refractivity contribution < 1.29 is 9.84 Å². The van der Waals surface area contributed by atoms with E-state index in [0.29, 0.717) is 23.6 Å². The molecule has 21 heavy (non-hydrogen) atoms. The molecule has 0 aliphatic heterocycles. The third-order valence-corrected chi connectivity index (χ3v) is 3.28. The van der Waals surface area contributed by atoms with E-state index in [2.05, 4.69) is 4.98 Å². The Kier molecular flexibility index (Phi) is 4.75. The number of hydrogen-bond acceptors (Lipinski definition) is 4. The van der Waals surface area contributed by atoms with Crippen LogP contribution in [0.25, 0.3) is 0 Å².